The van der Waals surface area contributed by atoms with Gasteiger partial charge in [0.15, 0.2) is 0 Å². The molecule has 0 bridgehead atoms. The van der Waals surface area contributed by atoms with Crippen LogP contribution in [-0.4, -0.2) is 19.1 Å². The van der Waals surface area contributed by atoms with E-state index >= 15 is 0 Å². The maximum absolute atomic E-state index is 12.1. The van der Waals surface area contributed by atoms with Crippen LogP contribution in [0.3, 0.4) is 0 Å². The van der Waals surface area contributed by atoms with Crippen LogP contribution in [0.1, 0.15) is 32.3 Å². The molecule has 0 radical (unpaired) electrons. The van der Waals surface area contributed by atoms with Crippen LogP contribution < -0.4 is 14.8 Å². The number of halogens is 1. The van der Waals surface area contributed by atoms with Gasteiger partial charge in [0.25, 0.3) is 0 Å². The highest BCUT2D eigenvalue weighted by molar-refractivity contribution is 9.10. The zero-order chi connectivity index (χ0) is 18.1. The summed E-state index contributed by atoms with van der Waals surface area (Å²) < 4.78 is 12.2. The van der Waals surface area contributed by atoms with Gasteiger partial charge in [0.2, 0.25) is 5.91 Å². The van der Waals surface area contributed by atoms with Crippen LogP contribution in [0.15, 0.2) is 46.9 Å². The molecule has 0 aliphatic rings. The highest BCUT2D eigenvalue weighted by Crippen LogP contribution is 2.27. The molecule has 0 atom stereocenters. The standard InChI is InChI=1S/C20H24BrNO3/c1-3-15-11-12-18(16(21)14-15)25-13-7-10-20(23)22-17-8-5-6-9-19(17)24-4-2/h5-6,8-9,11-12,14H,3-4,7,10,13H2,1-2H3,(H,22,23). The monoisotopic (exact) mass is 405 g/mol. The van der Waals surface area contributed by atoms with Gasteiger partial charge in [-0.2, -0.15) is 0 Å². The summed E-state index contributed by atoms with van der Waals surface area (Å²) in [6.45, 7) is 5.09. The van der Waals surface area contributed by atoms with E-state index < -0.39 is 0 Å². The molecule has 0 saturated heterocycles. The Morgan fingerprint density at radius 3 is 2.60 bits per heavy atom. The lowest BCUT2D eigenvalue weighted by Gasteiger charge is -2.12. The number of benzene rings is 2. The molecule has 2 aromatic rings. The summed E-state index contributed by atoms with van der Waals surface area (Å²) in [7, 11) is 0. The first kappa shape index (κ1) is 19.3. The second kappa shape index (κ2) is 10.1. The second-order valence-corrected chi connectivity index (χ2v) is 6.40. The molecular formula is C20H24BrNO3. The molecule has 0 unspecified atom stereocenters. The van der Waals surface area contributed by atoms with Crippen LogP contribution in [0.4, 0.5) is 5.69 Å². The van der Waals surface area contributed by atoms with Gasteiger partial charge >= 0.3 is 0 Å². The molecule has 0 heterocycles. The summed E-state index contributed by atoms with van der Waals surface area (Å²) in [5, 5.41) is 2.89. The summed E-state index contributed by atoms with van der Waals surface area (Å²) in [6.07, 6.45) is 2.03. The summed E-state index contributed by atoms with van der Waals surface area (Å²) in [5.74, 6) is 1.45. The van der Waals surface area contributed by atoms with Crippen molar-refractivity contribution in [3.63, 3.8) is 0 Å². The Kier molecular flexibility index (Phi) is 7.79. The van der Waals surface area contributed by atoms with Gasteiger partial charge in [-0.3, -0.25) is 4.79 Å². The molecule has 5 heteroatoms. The smallest absolute Gasteiger partial charge is 0.224 e. The number of aryl methyl sites for hydroxylation is 1. The van der Waals surface area contributed by atoms with Crippen LogP contribution >= 0.6 is 15.9 Å². The summed E-state index contributed by atoms with van der Waals surface area (Å²) >= 11 is 3.52. The van der Waals surface area contributed by atoms with Crippen molar-refractivity contribution in [1.82, 2.24) is 0 Å². The van der Waals surface area contributed by atoms with Crippen LogP contribution in [-0.2, 0) is 11.2 Å². The van der Waals surface area contributed by atoms with E-state index in [0.717, 1.165) is 16.6 Å². The van der Waals surface area contributed by atoms with Crippen molar-refractivity contribution in [3.05, 3.63) is 52.5 Å². The van der Waals surface area contributed by atoms with Crippen molar-refractivity contribution in [1.29, 1.82) is 0 Å². The van der Waals surface area contributed by atoms with Crippen molar-refractivity contribution in [2.45, 2.75) is 33.1 Å². The number of carbonyl (C=O) groups excluding carboxylic acids is 1. The second-order valence-electron chi connectivity index (χ2n) is 5.55. The molecular weight excluding hydrogens is 382 g/mol. The maximum Gasteiger partial charge on any atom is 0.224 e. The van der Waals surface area contributed by atoms with Crippen LogP contribution in [0.2, 0.25) is 0 Å². The van der Waals surface area contributed by atoms with E-state index in [1.165, 1.54) is 5.56 Å². The third-order valence-electron chi connectivity index (χ3n) is 3.67. The number of hydrogen-bond donors (Lipinski definition) is 1. The van der Waals surface area contributed by atoms with Crippen molar-refractivity contribution in [2.75, 3.05) is 18.5 Å². The fourth-order valence-corrected chi connectivity index (χ4v) is 2.90. The van der Waals surface area contributed by atoms with Gasteiger partial charge in [0, 0.05) is 6.42 Å². The van der Waals surface area contributed by atoms with Crippen LogP contribution in [0.5, 0.6) is 11.5 Å². The molecule has 0 aromatic heterocycles. The Balaban J connectivity index is 1.77. The molecule has 0 fully saturated rings. The van der Waals surface area contributed by atoms with Crippen LogP contribution in [0.25, 0.3) is 0 Å². The third kappa shape index (κ3) is 6.09. The van der Waals surface area contributed by atoms with Gasteiger partial charge in [0.05, 0.1) is 23.4 Å². The van der Waals surface area contributed by atoms with Crippen molar-refractivity contribution in [2.24, 2.45) is 0 Å². The molecule has 2 rings (SSSR count). The predicted molar refractivity (Wildman–Crippen MR) is 104 cm³/mol. The number of anilines is 1. The molecule has 0 aliphatic heterocycles. The van der Waals surface area contributed by atoms with E-state index in [2.05, 4.69) is 40.3 Å². The fraction of sp³-hybridized carbons (Fsp3) is 0.350. The summed E-state index contributed by atoms with van der Waals surface area (Å²) in [6, 6.07) is 13.5. The van der Waals surface area contributed by atoms with Gasteiger partial charge in [0.1, 0.15) is 11.5 Å². The molecule has 4 nitrogen and oxygen atoms in total. The SMILES string of the molecule is CCOc1ccccc1NC(=O)CCCOc1ccc(CC)cc1Br. The highest BCUT2D eigenvalue weighted by atomic mass is 79.9. The van der Waals surface area contributed by atoms with E-state index in [1.54, 1.807) is 0 Å². The molecule has 0 aliphatic carbocycles. The summed E-state index contributed by atoms with van der Waals surface area (Å²) in [4.78, 5) is 12.1. The average Bonchev–Trinajstić information content (AvgIpc) is 2.61. The quantitative estimate of drug-likeness (QED) is 0.582. The van der Waals surface area contributed by atoms with Gasteiger partial charge in [-0.05, 0) is 65.5 Å². The number of hydrogen-bond acceptors (Lipinski definition) is 3. The molecule has 0 spiro atoms. The minimum atomic E-state index is -0.0452. The van der Waals surface area contributed by atoms with Gasteiger partial charge < -0.3 is 14.8 Å². The maximum atomic E-state index is 12.1. The van der Waals surface area contributed by atoms with Crippen molar-refractivity contribution < 1.29 is 14.3 Å². The Hall–Kier alpha value is -2.01. The minimum absolute atomic E-state index is 0.0452. The first-order valence-electron chi connectivity index (χ1n) is 8.57. The molecule has 1 amide bonds. The largest absolute Gasteiger partial charge is 0.492 e. The number of carbonyl (C=O) groups is 1. The molecule has 2 aromatic carbocycles. The summed E-state index contributed by atoms with van der Waals surface area (Å²) in [5.41, 5.74) is 1.96. The van der Waals surface area contributed by atoms with Gasteiger partial charge in [-0.1, -0.05) is 25.1 Å². The number of nitrogens with one attached hydrogen (secondary N) is 1. The van der Waals surface area contributed by atoms with E-state index in [0.29, 0.717) is 37.5 Å². The Morgan fingerprint density at radius 1 is 1.08 bits per heavy atom. The van der Waals surface area contributed by atoms with E-state index in [-0.39, 0.29) is 5.91 Å². The number of rotatable bonds is 9. The molecule has 134 valence electrons. The Labute approximate surface area is 157 Å². The van der Waals surface area contributed by atoms with Crippen molar-refractivity contribution in [3.8, 4) is 11.5 Å². The zero-order valence-corrected chi connectivity index (χ0v) is 16.3. The number of para-hydroxylation sites is 2. The Morgan fingerprint density at radius 2 is 1.88 bits per heavy atom. The van der Waals surface area contributed by atoms with Gasteiger partial charge in [-0.25, -0.2) is 0 Å². The Bertz CT molecular complexity index is 703. The number of amides is 1. The van der Waals surface area contributed by atoms with Crippen LogP contribution in [0, 0.1) is 0 Å². The van der Waals surface area contributed by atoms with Crippen molar-refractivity contribution >= 4 is 27.5 Å². The number of ether oxygens (including phenoxy) is 2. The first-order chi connectivity index (χ1) is 12.1. The van der Waals surface area contributed by atoms with Gasteiger partial charge in [-0.15, -0.1) is 0 Å². The van der Waals surface area contributed by atoms with E-state index in [1.807, 2.05) is 37.3 Å². The highest BCUT2D eigenvalue weighted by Gasteiger charge is 2.08. The predicted octanol–water partition coefficient (Wildman–Crippen LogP) is 5.21. The molecule has 1 N–H and O–H groups in total. The molecule has 25 heavy (non-hydrogen) atoms. The fourth-order valence-electron chi connectivity index (χ4n) is 2.36. The first-order valence-corrected chi connectivity index (χ1v) is 9.36. The zero-order valence-electron chi connectivity index (χ0n) is 14.7. The minimum Gasteiger partial charge on any atom is -0.492 e. The lowest BCUT2D eigenvalue weighted by Crippen LogP contribution is -2.13. The average molecular weight is 406 g/mol. The van der Waals surface area contributed by atoms with E-state index in [4.69, 9.17) is 9.47 Å². The lowest BCUT2D eigenvalue weighted by atomic mass is 10.2. The van der Waals surface area contributed by atoms with E-state index in [9.17, 15) is 4.79 Å². The molecule has 0 saturated carbocycles. The topological polar surface area (TPSA) is 47.6 Å². The lowest BCUT2D eigenvalue weighted by molar-refractivity contribution is -0.116. The normalized spacial score (nSPS) is 10.4. The third-order valence-corrected chi connectivity index (χ3v) is 4.29.